The van der Waals surface area contributed by atoms with Gasteiger partial charge in [0.2, 0.25) is 5.91 Å². The van der Waals surface area contributed by atoms with E-state index in [2.05, 4.69) is 10.3 Å². The molecule has 0 bridgehead atoms. The molecule has 6 nitrogen and oxygen atoms in total. The highest BCUT2D eigenvalue weighted by Crippen LogP contribution is 2.24. The van der Waals surface area contributed by atoms with E-state index in [1.54, 1.807) is 13.1 Å². The van der Waals surface area contributed by atoms with E-state index in [9.17, 15) is 14.7 Å². The number of H-pyrrole nitrogens is 1. The average molecular weight is 330 g/mol. The summed E-state index contributed by atoms with van der Waals surface area (Å²) < 4.78 is 5.40. The summed E-state index contributed by atoms with van der Waals surface area (Å²) in [7, 11) is 1.52. The van der Waals surface area contributed by atoms with E-state index >= 15 is 0 Å². The van der Waals surface area contributed by atoms with Crippen LogP contribution in [0.1, 0.15) is 24.3 Å². The van der Waals surface area contributed by atoms with Crippen LogP contribution in [0.25, 0.3) is 0 Å². The Morgan fingerprint density at radius 1 is 1.21 bits per heavy atom. The Kier molecular flexibility index (Phi) is 6.14. The molecule has 0 aliphatic heterocycles. The number of carboxylic acid groups (broad SMARTS) is 1. The van der Waals surface area contributed by atoms with Crippen LogP contribution in [0.4, 0.5) is 0 Å². The van der Waals surface area contributed by atoms with Crippen molar-refractivity contribution in [3.63, 3.8) is 0 Å². The standard InChI is InChI=1S/C18H22N2O4/c1-12(16(24-2)14-9-6-10-19-14)17(21)20-15(18(22)23)11-13-7-4-3-5-8-13/h3-10,12,15-16,19H,11H2,1-2H3,(H,20,21)(H,22,23)/t12-,15+,16-/m1/s1. The number of nitrogens with one attached hydrogen (secondary N) is 2. The first-order valence-electron chi connectivity index (χ1n) is 7.76. The minimum atomic E-state index is -1.06. The topological polar surface area (TPSA) is 91.4 Å². The number of amides is 1. The first-order chi connectivity index (χ1) is 11.5. The fourth-order valence-electron chi connectivity index (χ4n) is 2.61. The summed E-state index contributed by atoms with van der Waals surface area (Å²) in [5, 5.41) is 12.0. The Bertz CT molecular complexity index is 655. The molecule has 0 unspecified atom stereocenters. The smallest absolute Gasteiger partial charge is 0.326 e. The number of aromatic nitrogens is 1. The van der Waals surface area contributed by atoms with Gasteiger partial charge in [0.15, 0.2) is 0 Å². The van der Waals surface area contributed by atoms with Crippen molar-refractivity contribution >= 4 is 11.9 Å². The Morgan fingerprint density at radius 2 is 1.92 bits per heavy atom. The Hall–Kier alpha value is -2.60. The minimum absolute atomic E-state index is 0.231. The number of benzene rings is 1. The number of ether oxygens (including phenoxy) is 1. The van der Waals surface area contributed by atoms with Crippen LogP contribution < -0.4 is 5.32 Å². The summed E-state index contributed by atoms with van der Waals surface area (Å²) in [6, 6.07) is 11.9. The van der Waals surface area contributed by atoms with Crippen LogP contribution in [-0.4, -0.2) is 35.1 Å². The van der Waals surface area contributed by atoms with Crippen molar-refractivity contribution in [2.45, 2.75) is 25.5 Å². The third-order valence-electron chi connectivity index (χ3n) is 3.95. The summed E-state index contributed by atoms with van der Waals surface area (Å²) in [5.41, 5.74) is 1.63. The van der Waals surface area contributed by atoms with Gasteiger partial charge in [-0.05, 0) is 17.7 Å². The molecule has 3 N–H and O–H groups in total. The number of methoxy groups -OCH3 is 1. The van der Waals surface area contributed by atoms with Crippen molar-refractivity contribution in [3.05, 3.63) is 59.9 Å². The van der Waals surface area contributed by atoms with Crippen LogP contribution in [0, 0.1) is 5.92 Å². The van der Waals surface area contributed by atoms with Gasteiger partial charge in [0.25, 0.3) is 0 Å². The van der Waals surface area contributed by atoms with E-state index in [1.165, 1.54) is 7.11 Å². The van der Waals surface area contributed by atoms with Gasteiger partial charge in [0, 0.05) is 25.4 Å². The Morgan fingerprint density at radius 3 is 2.46 bits per heavy atom. The van der Waals surface area contributed by atoms with E-state index in [0.29, 0.717) is 0 Å². The summed E-state index contributed by atoms with van der Waals surface area (Å²) in [5.74, 6) is -1.96. The van der Waals surface area contributed by atoms with Gasteiger partial charge >= 0.3 is 5.97 Å². The molecule has 0 radical (unpaired) electrons. The lowest BCUT2D eigenvalue weighted by Gasteiger charge is -2.23. The summed E-state index contributed by atoms with van der Waals surface area (Å²) in [4.78, 5) is 27.0. The number of hydrogen-bond acceptors (Lipinski definition) is 3. The fourth-order valence-corrected chi connectivity index (χ4v) is 2.61. The lowest BCUT2D eigenvalue weighted by molar-refractivity contribution is -0.143. The maximum Gasteiger partial charge on any atom is 0.326 e. The molecule has 0 fully saturated rings. The number of rotatable bonds is 8. The largest absolute Gasteiger partial charge is 0.480 e. The molecule has 0 spiro atoms. The maximum atomic E-state index is 12.5. The second-order valence-corrected chi connectivity index (χ2v) is 5.66. The number of carbonyl (C=O) groups excluding carboxylic acids is 1. The molecular formula is C18H22N2O4. The van der Waals surface area contributed by atoms with Gasteiger partial charge in [-0.25, -0.2) is 4.79 Å². The van der Waals surface area contributed by atoms with Crippen LogP contribution >= 0.6 is 0 Å². The zero-order chi connectivity index (χ0) is 17.5. The molecule has 0 saturated heterocycles. The molecule has 0 saturated carbocycles. The molecular weight excluding hydrogens is 308 g/mol. The zero-order valence-electron chi connectivity index (χ0n) is 13.7. The SMILES string of the molecule is CO[C@@H](c1ccc[nH]1)[C@@H](C)C(=O)N[C@@H](Cc1ccccc1)C(=O)O. The Balaban J connectivity index is 2.05. The van der Waals surface area contributed by atoms with Crippen LogP contribution in [0.15, 0.2) is 48.7 Å². The third-order valence-corrected chi connectivity index (χ3v) is 3.95. The highest BCUT2D eigenvalue weighted by atomic mass is 16.5. The van der Waals surface area contributed by atoms with E-state index in [-0.39, 0.29) is 12.3 Å². The van der Waals surface area contributed by atoms with Gasteiger partial charge in [0.1, 0.15) is 12.1 Å². The molecule has 2 aromatic rings. The molecule has 3 atom stereocenters. The number of carbonyl (C=O) groups is 2. The molecule has 0 aliphatic carbocycles. The predicted octanol–water partition coefficient (Wildman–Crippen LogP) is 2.15. The van der Waals surface area contributed by atoms with Gasteiger partial charge in [-0.1, -0.05) is 37.3 Å². The van der Waals surface area contributed by atoms with Crippen molar-refractivity contribution in [1.29, 1.82) is 0 Å². The van der Waals surface area contributed by atoms with Crippen molar-refractivity contribution in [2.75, 3.05) is 7.11 Å². The molecule has 0 aliphatic rings. The predicted molar refractivity (Wildman–Crippen MR) is 89.4 cm³/mol. The molecule has 6 heteroatoms. The van der Waals surface area contributed by atoms with Gasteiger partial charge in [-0.3, -0.25) is 4.79 Å². The molecule has 1 amide bonds. The van der Waals surface area contributed by atoms with Gasteiger partial charge in [0.05, 0.1) is 5.92 Å². The minimum Gasteiger partial charge on any atom is -0.480 e. The summed E-state index contributed by atoms with van der Waals surface area (Å²) in [6.07, 6.45) is 1.52. The van der Waals surface area contributed by atoms with Gasteiger partial charge < -0.3 is 20.1 Å². The molecule has 128 valence electrons. The lowest BCUT2D eigenvalue weighted by Crippen LogP contribution is -2.45. The number of carboxylic acids is 1. The highest BCUT2D eigenvalue weighted by molar-refractivity contribution is 5.85. The normalized spacial score (nSPS) is 14.6. The third kappa shape index (κ3) is 4.45. The maximum absolute atomic E-state index is 12.5. The van der Waals surface area contributed by atoms with E-state index < -0.39 is 24.0 Å². The first-order valence-corrected chi connectivity index (χ1v) is 7.76. The van der Waals surface area contributed by atoms with Crippen LogP contribution in [0.3, 0.4) is 0 Å². The van der Waals surface area contributed by atoms with Gasteiger partial charge in [-0.15, -0.1) is 0 Å². The second kappa shape index (κ2) is 8.31. The monoisotopic (exact) mass is 330 g/mol. The van der Waals surface area contributed by atoms with Crippen molar-refractivity contribution in [1.82, 2.24) is 10.3 Å². The molecule has 2 rings (SSSR count). The van der Waals surface area contributed by atoms with E-state index in [1.807, 2.05) is 42.5 Å². The van der Waals surface area contributed by atoms with Crippen LogP contribution in [0.5, 0.6) is 0 Å². The second-order valence-electron chi connectivity index (χ2n) is 5.66. The summed E-state index contributed by atoms with van der Waals surface area (Å²) >= 11 is 0. The lowest BCUT2D eigenvalue weighted by atomic mass is 9.99. The van der Waals surface area contributed by atoms with E-state index in [0.717, 1.165) is 11.3 Å². The first kappa shape index (κ1) is 17.7. The zero-order valence-corrected chi connectivity index (χ0v) is 13.7. The molecule has 1 aromatic carbocycles. The average Bonchev–Trinajstić information content (AvgIpc) is 3.09. The quantitative estimate of drug-likeness (QED) is 0.691. The highest BCUT2D eigenvalue weighted by Gasteiger charge is 2.29. The van der Waals surface area contributed by atoms with Crippen LogP contribution in [-0.2, 0) is 20.7 Å². The number of aliphatic carboxylic acids is 1. The van der Waals surface area contributed by atoms with Crippen LogP contribution in [0.2, 0.25) is 0 Å². The Labute approximate surface area is 140 Å². The van der Waals surface area contributed by atoms with Crippen molar-refractivity contribution in [2.24, 2.45) is 5.92 Å². The number of hydrogen-bond donors (Lipinski definition) is 3. The molecule has 1 heterocycles. The van der Waals surface area contributed by atoms with Crippen molar-refractivity contribution in [3.8, 4) is 0 Å². The summed E-state index contributed by atoms with van der Waals surface area (Å²) in [6.45, 7) is 1.71. The fraction of sp³-hybridized carbons (Fsp3) is 0.333. The van der Waals surface area contributed by atoms with Gasteiger partial charge in [-0.2, -0.15) is 0 Å². The van der Waals surface area contributed by atoms with E-state index in [4.69, 9.17) is 4.74 Å². The molecule has 1 aromatic heterocycles. The number of aromatic amines is 1. The molecule has 24 heavy (non-hydrogen) atoms. The van der Waals surface area contributed by atoms with Crippen molar-refractivity contribution < 1.29 is 19.4 Å².